The van der Waals surface area contributed by atoms with Crippen LogP contribution in [-0.4, -0.2) is 20.4 Å². The van der Waals surface area contributed by atoms with Gasteiger partial charge in [-0.3, -0.25) is 4.79 Å². The van der Waals surface area contributed by atoms with Gasteiger partial charge in [0.1, 0.15) is 17.2 Å². The fraction of sp³-hybridized carbons (Fsp3) is 0.125. The van der Waals surface area contributed by atoms with Crippen molar-refractivity contribution in [2.45, 2.75) is 13.3 Å². The Morgan fingerprint density at radius 1 is 1.32 bits per heavy atom. The fourth-order valence-electron chi connectivity index (χ4n) is 2.25. The Bertz CT molecular complexity index is 858. The molecule has 2 heterocycles. The van der Waals surface area contributed by atoms with Crippen LogP contribution in [0.3, 0.4) is 0 Å². The highest BCUT2D eigenvalue weighted by atomic mass is 19.1. The molecule has 0 saturated heterocycles. The van der Waals surface area contributed by atoms with E-state index in [1.54, 1.807) is 35.7 Å². The average Bonchev–Trinajstić information content (AvgIpc) is 2.83. The molecular weight excluding hydrogens is 285 g/mol. The molecule has 3 aromatic rings. The maximum Gasteiger partial charge on any atom is 0.230 e. The van der Waals surface area contributed by atoms with Crippen molar-refractivity contribution in [3.05, 3.63) is 59.8 Å². The lowest BCUT2D eigenvalue weighted by Gasteiger charge is -2.07. The number of amides is 1. The van der Waals surface area contributed by atoms with Crippen LogP contribution in [-0.2, 0) is 11.2 Å². The zero-order valence-electron chi connectivity index (χ0n) is 11.9. The van der Waals surface area contributed by atoms with Crippen molar-refractivity contribution in [2.75, 3.05) is 5.32 Å². The number of aromatic nitrogens is 2. The molecule has 6 heteroatoms. The van der Waals surface area contributed by atoms with Crippen LogP contribution in [0.4, 0.5) is 10.1 Å². The van der Waals surface area contributed by atoms with E-state index < -0.39 is 0 Å². The molecule has 112 valence electrons. The van der Waals surface area contributed by atoms with E-state index in [1.165, 1.54) is 18.3 Å². The molecule has 0 aliphatic carbocycles. The SMILES string of the molecule is Cc1cc(O)ccc1NC(=O)Cc1cn2cc(F)ccc2n1. The van der Waals surface area contributed by atoms with Gasteiger partial charge in [-0.25, -0.2) is 9.37 Å². The number of aryl methyl sites for hydroxylation is 1. The first-order valence-corrected chi connectivity index (χ1v) is 6.74. The molecule has 5 nitrogen and oxygen atoms in total. The Morgan fingerprint density at radius 2 is 2.14 bits per heavy atom. The number of fused-ring (bicyclic) bond motifs is 1. The first-order valence-electron chi connectivity index (χ1n) is 6.74. The number of nitrogens with one attached hydrogen (secondary N) is 1. The maximum atomic E-state index is 13.1. The van der Waals surface area contributed by atoms with E-state index in [9.17, 15) is 14.3 Å². The molecular formula is C16H14FN3O2. The van der Waals surface area contributed by atoms with Crippen molar-refractivity contribution < 1.29 is 14.3 Å². The largest absolute Gasteiger partial charge is 0.508 e. The zero-order valence-corrected chi connectivity index (χ0v) is 11.9. The second-order valence-electron chi connectivity index (χ2n) is 5.07. The molecule has 0 fully saturated rings. The standard InChI is InChI=1S/C16H14FN3O2/c1-10-6-13(21)3-4-14(10)19-16(22)7-12-9-20-8-11(17)2-5-15(20)18-12/h2-6,8-9,21H,7H2,1H3,(H,19,22). The molecule has 22 heavy (non-hydrogen) atoms. The molecule has 0 aliphatic rings. The Morgan fingerprint density at radius 3 is 2.91 bits per heavy atom. The molecule has 0 unspecified atom stereocenters. The lowest BCUT2D eigenvalue weighted by Crippen LogP contribution is -2.15. The van der Waals surface area contributed by atoms with Crippen LogP contribution in [0.1, 0.15) is 11.3 Å². The molecule has 0 radical (unpaired) electrons. The van der Waals surface area contributed by atoms with Crippen molar-refractivity contribution in [3.8, 4) is 5.75 Å². The number of phenols is 1. The van der Waals surface area contributed by atoms with Gasteiger partial charge in [0, 0.05) is 18.1 Å². The van der Waals surface area contributed by atoms with Gasteiger partial charge in [-0.1, -0.05) is 0 Å². The molecule has 1 amide bonds. The van der Waals surface area contributed by atoms with Gasteiger partial charge >= 0.3 is 0 Å². The van der Waals surface area contributed by atoms with Crippen LogP contribution >= 0.6 is 0 Å². The number of hydrogen-bond donors (Lipinski definition) is 2. The molecule has 2 N–H and O–H groups in total. The Hall–Kier alpha value is -2.89. The van der Waals surface area contributed by atoms with Crippen molar-refractivity contribution in [1.29, 1.82) is 0 Å². The van der Waals surface area contributed by atoms with E-state index >= 15 is 0 Å². The Balaban J connectivity index is 1.75. The fourth-order valence-corrected chi connectivity index (χ4v) is 2.25. The summed E-state index contributed by atoms with van der Waals surface area (Å²) >= 11 is 0. The number of halogens is 1. The summed E-state index contributed by atoms with van der Waals surface area (Å²) in [5.41, 5.74) is 2.55. The average molecular weight is 299 g/mol. The minimum absolute atomic E-state index is 0.0869. The smallest absolute Gasteiger partial charge is 0.230 e. The lowest BCUT2D eigenvalue weighted by molar-refractivity contribution is -0.115. The van der Waals surface area contributed by atoms with Crippen LogP contribution < -0.4 is 5.32 Å². The van der Waals surface area contributed by atoms with Crippen LogP contribution in [0.5, 0.6) is 5.75 Å². The quantitative estimate of drug-likeness (QED) is 0.731. The maximum absolute atomic E-state index is 13.1. The molecule has 3 rings (SSSR count). The molecule has 0 bridgehead atoms. The zero-order chi connectivity index (χ0) is 15.7. The van der Waals surface area contributed by atoms with E-state index in [0.29, 0.717) is 17.0 Å². The first-order chi connectivity index (χ1) is 10.5. The number of imidazole rings is 1. The summed E-state index contributed by atoms with van der Waals surface area (Å²) in [5, 5.41) is 12.1. The number of phenolic OH excluding ortho intramolecular Hbond substituents is 1. The summed E-state index contributed by atoms with van der Waals surface area (Å²) in [6.45, 7) is 1.79. The van der Waals surface area contributed by atoms with Gasteiger partial charge in [-0.2, -0.15) is 0 Å². The van der Waals surface area contributed by atoms with Crippen LogP contribution in [0, 0.1) is 12.7 Å². The van der Waals surface area contributed by atoms with Gasteiger partial charge in [-0.15, -0.1) is 0 Å². The number of hydrogen-bond acceptors (Lipinski definition) is 3. The van der Waals surface area contributed by atoms with Gasteiger partial charge in [0.2, 0.25) is 5.91 Å². The third-order valence-electron chi connectivity index (χ3n) is 3.29. The molecule has 1 aromatic carbocycles. The summed E-state index contributed by atoms with van der Waals surface area (Å²) < 4.78 is 14.7. The normalized spacial score (nSPS) is 10.8. The minimum atomic E-state index is -0.361. The number of carbonyl (C=O) groups is 1. The number of rotatable bonds is 3. The summed E-state index contributed by atoms with van der Waals surface area (Å²) in [6.07, 6.45) is 3.03. The molecule has 2 aromatic heterocycles. The predicted octanol–water partition coefficient (Wildman–Crippen LogP) is 2.67. The van der Waals surface area contributed by atoms with Gasteiger partial charge in [0.25, 0.3) is 0 Å². The number of pyridine rings is 1. The number of benzene rings is 1. The van der Waals surface area contributed by atoms with Crippen molar-refractivity contribution in [1.82, 2.24) is 9.38 Å². The van der Waals surface area contributed by atoms with Gasteiger partial charge < -0.3 is 14.8 Å². The first kappa shape index (κ1) is 14.1. The minimum Gasteiger partial charge on any atom is -0.508 e. The Kier molecular flexibility index (Phi) is 3.50. The van der Waals surface area contributed by atoms with Gasteiger partial charge in [0.05, 0.1) is 12.1 Å². The van der Waals surface area contributed by atoms with E-state index in [-0.39, 0.29) is 23.9 Å². The lowest BCUT2D eigenvalue weighted by atomic mass is 10.2. The van der Waals surface area contributed by atoms with Gasteiger partial charge in [-0.05, 0) is 42.8 Å². The van der Waals surface area contributed by atoms with Crippen molar-refractivity contribution in [3.63, 3.8) is 0 Å². The number of anilines is 1. The highest BCUT2D eigenvalue weighted by molar-refractivity contribution is 5.92. The molecule has 0 spiro atoms. The number of carbonyl (C=O) groups excluding carboxylic acids is 1. The summed E-state index contributed by atoms with van der Waals surface area (Å²) in [5.74, 6) is -0.434. The highest BCUT2D eigenvalue weighted by Crippen LogP contribution is 2.20. The van der Waals surface area contributed by atoms with E-state index in [2.05, 4.69) is 10.3 Å². The van der Waals surface area contributed by atoms with Gasteiger partial charge in [0.15, 0.2) is 0 Å². The number of aromatic hydroxyl groups is 1. The number of nitrogens with zero attached hydrogens (tertiary/aromatic N) is 2. The van der Waals surface area contributed by atoms with E-state index in [1.807, 2.05) is 0 Å². The summed E-state index contributed by atoms with van der Waals surface area (Å²) in [6, 6.07) is 7.61. The third kappa shape index (κ3) is 2.90. The van der Waals surface area contributed by atoms with E-state index in [4.69, 9.17) is 0 Å². The van der Waals surface area contributed by atoms with Crippen LogP contribution in [0.15, 0.2) is 42.7 Å². The monoisotopic (exact) mass is 299 g/mol. The Labute approximate surface area is 126 Å². The van der Waals surface area contributed by atoms with Crippen LogP contribution in [0.2, 0.25) is 0 Å². The van der Waals surface area contributed by atoms with Crippen LogP contribution in [0.25, 0.3) is 5.65 Å². The van der Waals surface area contributed by atoms with Crippen molar-refractivity contribution >= 4 is 17.2 Å². The highest BCUT2D eigenvalue weighted by Gasteiger charge is 2.10. The second kappa shape index (κ2) is 5.48. The molecule has 0 saturated carbocycles. The second-order valence-corrected chi connectivity index (χ2v) is 5.07. The molecule has 0 atom stereocenters. The topological polar surface area (TPSA) is 66.6 Å². The molecule has 0 aliphatic heterocycles. The van der Waals surface area contributed by atoms with E-state index in [0.717, 1.165) is 5.56 Å². The predicted molar refractivity (Wildman–Crippen MR) is 80.3 cm³/mol. The summed E-state index contributed by atoms with van der Waals surface area (Å²) in [7, 11) is 0. The summed E-state index contributed by atoms with van der Waals surface area (Å²) in [4.78, 5) is 16.3. The third-order valence-corrected chi connectivity index (χ3v) is 3.29. The van der Waals surface area contributed by atoms with Crippen molar-refractivity contribution in [2.24, 2.45) is 0 Å².